The number of nitrogens with two attached hydrogens (primary N) is 1. The number of likely N-dealkylation sites (N-methyl/N-ethyl adjacent to an activating group) is 1. The minimum absolute atomic E-state index is 0.0672. The highest BCUT2D eigenvalue weighted by atomic mass is 16.2. The number of hydrogen-bond donors (Lipinski definition) is 2. The lowest BCUT2D eigenvalue weighted by Gasteiger charge is -2.21. The van der Waals surface area contributed by atoms with Gasteiger partial charge in [0.25, 0.3) is 0 Å². The minimum Gasteiger partial charge on any atom is -0.397 e. The number of nitrogen functional groups attached to an aromatic ring is 1. The molecule has 0 atom stereocenters. The number of anilines is 2. The van der Waals surface area contributed by atoms with Crippen LogP contribution in [0.3, 0.4) is 0 Å². The summed E-state index contributed by atoms with van der Waals surface area (Å²) >= 11 is 0. The Bertz CT molecular complexity index is 466. The van der Waals surface area contributed by atoms with Crippen LogP contribution in [0.25, 0.3) is 0 Å². The molecule has 1 aliphatic rings. The van der Waals surface area contributed by atoms with E-state index in [2.05, 4.69) is 12.2 Å². The molecule has 0 saturated heterocycles. The molecule has 4 heteroatoms. The molecule has 0 bridgehead atoms. The largest absolute Gasteiger partial charge is 0.397 e. The van der Waals surface area contributed by atoms with Gasteiger partial charge in [-0.2, -0.15) is 0 Å². The second-order valence-electron chi connectivity index (χ2n) is 5.19. The number of rotatable bonds is 4. The van der Waals surface area contributed by atoms with E-state index in [9.17, 15) is 4.79 Å². The van der Waals surface area contributed by atoms with Crippen LogP contribution in [0.2, 0.25) is 0 Å². The normalized spacial score (nSPS) is 14.4. The highest BCUT2D eigenvalue weighted by Gasteiger charge is 2.23. The van der Waals surface area contributed by atoms with Crippen LogP contribution in [-0.2, 0) is 4.79 Å². The van der Waals surface area contributed by atoms with Gasteiger partial charge in [0.2, 0.25) is 5.91 Å². The van der Waals surface area contributed by atoms with E-state index in [1.54, 1.807) is 0 Å². The molecule has 4 nitrogen and oxygen atoms in total. The summed E-state index contributed by atoms with van der Waals surface area (Å²) in [6.07, 6.45) is 2.22. The summed E-state index contributed by atoms with van der Waals surface area (Å²) in [5, 5.41) is 2.98. The topological polar surface area (TPSA) is 58.4 Å². The first-order valence-electron chi connectivity index (χ1n) is 6.34. The molecule has 18 heavy (non-hydrogen) atoms. The van der Waals surface area contributed by atoms with Crippen molar-refractivity contribution in [3.63, 3.8) is 0 Å². The molecular formula is C14H21N3O. The summed E-state index contributed by atoms with van der Waals surface area (Å²) in [5.74, 6) is 0.0672. The third kappa shape index (κ3) is 2.94. The second-order valence-corrected chi connectivity index (χ2v) is 5.19. The molecule has 0 radical (unpaired) electrons. The molecule has 1 aromatic carbocycles. The summed E-state index contributed by atoms with van der Waals surface area (Å²) in [6, 6.07) is 4.40. The Balaban J connectivity index is 2.05. The SMILES string of the molecule is Cc1cc(N)c(N(C)CC(=O)NC2CC2)cc1C. The van der Waals surface area contributed by atoms with Gasteiger partial charge in [-0.15, -0.1) is 0 Å². The number of carbonyl (C=O) groups excluding carboxylic acids is 1. The first-order valence-corrected chi connectivity index (χ1v) is 6.34. The van der Waals surface area contributed by atoms with Crippen molar-refractivity contribution in [3.8, 4) is 0 Å². The van der Waals surface area contributed by atoms with Crippen molar-refractivity contribution in [3.05, 3.63) is 23.3 Å². The number of hydrogen-bond acceptors (Lipinski definition) is 3. The summed E-state index contributed by atoms with van der Waals surface area (Å²) in [7, 11) is 1.90. The van der Waals surface area contributed by atoms with E-state index in [-0.39, 0.29) is 5.91 Å². The van der Waals surface area contributed by atoms with Crippen molar-refractivity contribution in [1.82, 2.24) is 5.32 Å². The van der Waals surface area contributed by atoms with Gasteiger partial charge in [0.15, 0.2) is 0 Å². The number of nitrogens with zero attached hydrogens (tertiary/aromatic N) is 1. The number of benzene rings is 1. The molecule has 0 heterocycles. The predicted octanol–water partition coefficient (Wildman–Crippen LogP) is 1.60. The molecule has 0 unspecified atom stereocenters. The summed E-state index contributed by atoms with van der Waals surface area (Å²) in [6.45, 7) is 4.44. The third-order valence-corrected chi connectivity index (χ3v) is 3.38. The highest BCUT2D eigenvalue weighted by molar-refractivity contribution is 5.83. The van der Waals surface area contributed by atoms with E-state index in [4.69, 9.17) is 5.73 Å². The van der Waals surface area contributed by atoms with Gasteiger partial charge in [0, 0.05) is 13.1 Å². The smallest absolute Gasteiger partial charge is 0.239 e. The van der Waals surface area contributed by atoms with Gasteiger partial charge in [0.05, 0.1) is 17.9 Å². The maximum Gasteiger partial charge on any atom is 0.239 e. The molecule has 1 fully saturated rings. The molecule has 0 aliphatic heterocycles. The monoisotopic (exact) mass is 247 g/mol. The van der Waals surface area contributed by atoms with Crippen molar-refractivity contribution < 1.29 is 4.79 Å². The second kappa shape index (κ2) is 4.88. The van der Waals surface area contributed by atoms with Gasteiger partial charge < -0.3 is 16.0 Å². The van der Waals surface area contributed by atoms with Gasteiger partial charge >= 0.3 is 0 Å². The molecule has 3 N–H and O–H groups in total. The lowest BCUT2D eigenvalue weighted by molar-refractivity contribution is -0.119. The van der Waals surface area contributed by atoms with Gasteiger partial charge in [0.1, 0.15) is 0 Å². The Morgan fingerprint density at radius 1 is 1.39 bits per heavy atom. The number of nitrogens with one attached hydrogen (secondary N) is 1. The zero-order valence-corrected chi connectivity index (χ0v) is 11.3. The number of carbonyl (C=O) groups is 1. The van der Waals surface area contributed by atoms with Gasteiger partial charge in [-0.25, -0.2) is 0 Å². The van der Waals surface area contributed by atoms with E-state index in [0.29, 0.717) is 12.6 Å². The van der Waals surface area contributed by atoms with Crippen LogP contribution in [0, 0.1) is 13.8 Å². The van der Waals surface area contributed by atoms with Crippen LogP contribution < -0.4 is 16.0 Å². The van der Waals surface area contributed by atoms with Crippen LogP contribution in [0.4, 0.5) is 11.4 Å². The third-order valence-electron chi connectivity index (χ3n) is 3.38. The molecule has 1 aromatic rings. The Morgan fingerprint density at radius 3 is 2.61 bits per heavy atom. The fourth-order valence-corrected chi connectivity index (χ4v) is 1.96. The fourth-order valence-electron chi connectivity index (χ4n) is 1.96. The minimum atomic E-state index is 0.0672. The Kier molecular flexibility index (Phi) is 3.45. The number of amides is 1. The van der Waals surface area contributed by atoms with Crippen LogP contribution in [0.1, 0.15) is 24.0 Å². The summed E-state index contributed by atoms with van der Waals surface area (Å²) in [4.78, 5) is 13.6. The molecule has 0 spiro atoms. The van der Waals surface area contributed by atoms with Crippen molar-refractivity contribution >= 4 is 17.3 Å². The lowest BCUT2D eigenvalue weighted by atomic mass is 10.1. The summed E-state index contributed by atoms with van der Waals surface area (Å²) in [5.41, 5.74) is 10.0. The Hall–Kier alpha value is -1.71. The highest BCUT2D eigenvalue weighted by Crippen LogP contribution is 2.26. The van der Waals surface area contributed by atoms with Crippen LogP contribution in [0.5, 0.6) is 0 Å². The van der Waals surface area contributed by atoms with Gasteiger partial charge in [-0.3, -0.25) is 4.79 Å². The Morgan fingerprint density at radius 2 is 2.00 bits per heavy atom. The van der Waals surface area contributed by atoms with E-state index >= 15 is 0 Å². The van der Waals surface area contributed by atoms with E-state index in [1.807, 2.05) is 31.0 Å². The maximum absolute atomic E-state index is 11.7. The predicted molar refractivity (Wildman–Crippen MR) is 74.8 cm³/mol. The molecule has 1 amide bonds. The van der Waals surface area contributed by atoms with E-state index in [0.717, 1.165) is 24.2 Å². The van der Waals surface area contributed by atoms with Gasteiger partial charge in [-0.1, -0.05) is 0 Å². The van der Waals surface area contributed by atoms with E-state index < -0.39 is 0 Å². The average molecular weight is 247 g/mol. The maximum atomic E-state index is 11.7. The van der Waals surface area contributed by atoms with Crippen LogP contribution >= 0.6 is 0 Å². The fraction of sp³-hybridized carbons (Fsp3) is 0.500. The Labute approximate surface area is 108 Å². The van der Waals surface area contributed by atoms with Crippen molar-refractivity contribution in [2.24, 2.45) is 0 Å². The quantitative estimate of drug-likeness (QED) is 0.795. The average Bonchev–Trinajstić information content (AvgIpc) is 3.06. The molecule has 1 saturated carbocycles. The van der Waals surface area contributed by atoms with Crippen LogP contribution in [-0.4, -0.2) is 25.5 Å². The summed E-state index contributed by atoms with van der Waals surface area (Å²) < 4.78 is 0. The zero-order chi connectivity index (χ0) is 13.3. The molecular weight excluding hydrogens is 226 g/mol. The standard InChI is InChI=1S/C14H21N3O/c1-9-6-12(15)13(7-10(9)2)17(3)8-14(18)16-11-4-5-11/h6-7,11H,4-5,8,15H2,1-3H3,(H,16,18). The van der Waals surface area contributed by atoms with Crippen molar-refractivity contribution in [1.29, 1.82) is 0 Å². The van der Waals surface area contributed by atoms with E-state index in [1.165, 1.54) is 11.1 Å². The molecule has 0 aromatic heterocycles. The first-order chi connectivity index (χ1) is 8.47. The molecule has 98 valence electrons. The first kappa shape index (κ1) is 12.7. The van der Waals surface area contributed by atoms with Gasteiger partial charge in [-0.05, 0) is 49.9 Å². The molecule has 1 aliphatic carbocycles. The van der Waals surface area contributed by atoms with Crippen molar-refractivity contribution in [2.45, 2.75) is 32.7 Å². The van der Waals surface area contributed by atoms with Crippen molar-refractivity contribution in [2.75, 3.05) is 24.2 Å². The lowest BCUT2D eigenvalue weighted by Crippen LogP contribution is -2.36. The zero-order valence-electron chi connectivity index (χ0n) is 11.3. The molecule has 2 rings (SSSR count). The number of aryl methyl sites for hydroxylation is 2. The van der Waals surface area contributed by atoms with Crippen LogP contribution in [0.15, 0.2) is 12.1 Å².